The van der Waals surface area contributed by atoms with E-state index in [4.69, 9.17) is 0 Å². The van der Waals surface area contributed by atoms with Gasteiger partial charge in [-0.3, -0.25) is 0 Å². The van der Waals surface area contributed by atoms with Crippen LogP contribution >= 0.6 is 0 Å². The summed E-state index contributed by atoms with van der Waals surface area (Å²) in [7, 11) is 6.19. The molecule has 1 aliphatic rings. The molecule has 0 saturated carbocycles. The van der Waals surface area contributed by atoms with Gasteiger partial charge in [-0.2, -0.15) is 5.26 Å². The summed E-state index contributed by atoms with van der Waals surface area (Å²) in [5.41, 5.74) is 2.59. The Morgan fingerprint density at radius 3 is 2.65 bits per heavy atom. The van der Waals surface area contributed by atoms with Crippen LogP contribution in [0.3, 0.4) is 0 Å². The summed E-state index contributed by atoms with van der Waals surface area (Å²) in [6.45, 7) is 2.22. The Labute approximate surface area is 137 Å². The summed E-state index contributed by atoms with van der Waals surface area (Å²) in [5, 5.41) is 9.61. The summed E-state index contributed by atoms with van der Waals surface area (Å²) in [4.78, 5) is 9.17. The number of likely N-dealkylation sites (tertiary alicyclic amines) is 1. The number of rotatable bonds is 3. The van der Waals surface area contributed by atoms with Crippen LogP contribution in [-0.2, 0) is 7.05 Å². The predicted molar refractivity (Wildman–Crippen MR) is 92.6 cm³/mol. The fraction of sp³-hybridized carbons (Fsp3) is 0.444. The molecule has 0 atom stereocenters. The topological polar surface area (TPSA) is 48.1 Å². The Morgan fingerprint density at radius 2 is 2.00 bits per heavy atom. The van der Waals surface area contributed by atoms with E-state index in [1.165, 1.54) is 0 Å². The van der Waals surface area contributed by atoms with Crippen molar-refractivity contribution in [1.29, 1.82) is 5.26 Å². The van der Waals surface area contributed by atoms with Crippen LogP contribution in [-0.4, -0.2) is 52.6 Å². The first-order valence-corrected chi connectivity index (χ1v) is 8.04. The molecule has 23 heavy (non-hydrogen) atoms. The van der Waals surface area contributed by atoms with Gasteiger partial charge in [-0.15, -0.1) is 0 Å². The van der Waals surface area contributed by atoms with Crippen molar-refractivity contribution < 1.29 is 0 Å². The minimum atomic E-state index is 0.490. The van der Waals surface area contributed by atoms with Gasteiger partial charge >= 0.3 is 0 Å². The quantitative estimate of drug-likeness (QED) is 0.817. The lowest BCUT2D eigenvalue weighted by atomic mass is 10.0. The number of benzene rings is 1. The van der Waals surface area contributed by atoms with E-state index in [1.54, 1.807) is 0 Å². The van der Waals surface area contributed by atoms with Crippen molar-refractivity contribution in [1.82, 2.24) is 19.4 Å². The van der Waals surface area contributed by atoms with Crippen LogP contribution in [0.5, 0.6) is 0 Å². The van der Waals surface area contributed by atoms with Crippen LogP contribution in [0.4, 0.5) is 0 Å². The van der Waals surface area contributed by atoms with Crippen LogP contribution in [0.2, 0.25) is 0 Å². The number of piperidine rings is 1. The highest BCUT2D eigenvalue weighted by Crippen LogP contribution is 2.22. The molecule has 2 aromatic rings. The fourth-order valence-electron chi connectivity index (χ4n) is 3.23. The van der Waals surface area contributed by atoms with Crippen molar-refractivity contribution in [3.05, 3.63) is 36.3 Å². The first-order chi connectivity index (χ1) is 11.1. The Morgan fingerprint density at radius 1 is 1.30 bits per heavy atom. The third-order valence-corrected chi connectivity index (χ3v) is 4.75. The molecule has 0 amide bonds. The van der Waals surface area contributed by atoms with Gasteiger partial charge in [0.1, 0.15) is 11.6 Å². The second kappa shape index (κ2) is 6.43. The molecule has 5 heteroatoms. The summed E-state index contributed by atoms with van der Waals surface area (Å²) < 4.78 is 1.99. The van der Waals surface area contributed by atoms with Crippen LogP contribution in [0.25, 0.3) is 16.6 Å². The molecular weight excluding hydrogens is 286 g/mol. The molecule has 0 aliphatic carbocycles. The second-order valence-electron chi connectivity index (χ2n) is 6.34. The zero-order valence-corrected chi connectivity index (χ0v) is 14.0. The number of aromatic nitrogens is 2. The molecule has 3 rings (SSSR count). The Balaban J connectivity index is 1.89. The third-order valence-electron chi connectivity index (χ3n) is 4.75. The highest BCUT2D eigenvalue weighted by molar-refractivity contribution is 5.82. The number of nitriles is 1. The maximum Gasteiger partial charge on any atom is 0.153 e. The number of para-hydroxylation sites is 2. The standard InChI is InChI=1S/C18H23N5/c1-21-10-8-15(9-11-21)22(2)13-14(12-19)18-20-16-6-4-5-7-17(16)23(18)3/h4-7,13,15H,8-11H2,1-3H3. The van der Waals surface area contributed by atoms with Crippen LogP contribution < -0.4 is 0 Å². The average molecular weight is 309 g/mol. The molecule has 1 aromatic heterocycles. The fourth-order valence-corrected chi connectivity index (χ4v) is 3.23. The summed E-state index contributed by atoms with van der Waals surface area (Å²) in [6, 6.07) is 10.8. The Hall–Kier alpha value is -2.32. The van der Waals surface area contributed by atoms with E-state index in [9.17, 15) is 5.26 Å². The highest BCUT2D eigenvalue weighted by atomic mass is 15.2. The van der Waals surface area contributed by atoms with Gasteiger partial charge in [0.25, 0.3) is 0 Å². The van der Waals surface area contributed by atoms with Crippen LogP contribution in [0.1, 0.15) is 18.7 Å². The van der Waals surface area contributed by atoms with Gasteiger partial charge in [-0.05, 0) is 45.1 Å². The molecule has 5 nitrogen and oxygen atoms in total. The molecule has 0 spiro atoms. The van der Waals surface area contributed by atoms with E-state index < -0.39 is 0 Å². The smallest absolute Gasteiger partial charge is 0.153 e. The third kappa shape index (κ3) is 3.08. The van der Waals surface area contributed by atoms with Crippen molar-refractivity contribution in [2.45, 2.75) is 18.9 Å². The van der Waals surface area contributed by atoms with Crippen molar-refractivity contribution >= 4 is 16.6 Å². The second-order valence-corrected chi connectivity index (χ2v) is 6.34. The van der Waals surface area contributed by atoms with E-state index in [-0.39, 0.29) is 0 Å². The van der Waals surface area contributed by atoms with Crippen molar-refractivity contribution in [2.24, 2.45) is 7.05 Å². The van der Waals surface area contributed by atoms with E-state index in [1.807, 2.05) is 42.1 Å². The molecular formula is C18H23N5. The van der Waals surface area contributed by atoms with Gasteiger partial charge in [-0.25, -0.2) is 4.98 Å². The number of hydrogen-bond acceptors (Lipinski definition) is 4. The van der Waals surface area contributed by atoms with E-state index in [0.29, 0.717) is 11.6 Å². The lowest BCUT2D eigenvalue weighted by Crippen LogP contribution is -2.39. The van der Waals surface area contributed by atoms with Crippen molar-refractivity contribution in [3.63, 3.8) is 0 Å². The molecule has 0 N–H and O–H groups in total. The summed E-state index contributed by atoms with van der Waals surface area (Å²) >= 11 is 0. The Bertz CT molecular complexity index is 759. The molecule has 1 fully saturated rings. The number of fused-ring (bicyclic) bond motifs is 1. The molecule has 0 unspecified atom stereocenters. The zero-order valence-electron chi connectivity index (χ0n) is 14.0. The molecule has 0 radical (unpaired) electrons. The van der Waals surface area contributed by atoms with E-state index >= 15 is 0 Å². The number of hydrogen-bond donors (Lipinski definition) is 0. The first kappa shape index (κ1) is 15.6. The van der Waals surface area contributed by atoms with Crippen molar-refractivity contribution in [3.8, 4) is 6.07 Å². The minimum absolute atomic E-state index is 0.490. The van der Waals surface area contributed by atoms with E-state index in [0.717, 1.165) is 42.8 Å². The van der Waals surface area contributed by atoms with Gasteiger partial charge < -0.3 is 14.4 Å². The average Bonchev–Trinajstić information content (AvgIpc) is 2.90. The lowest BCUT2D eigenvalue weighted by molar-refractivity contribution is 0.180. The lowest BCUT2D eigenvalue weighted by Gasteiger charge is -2.34. The van der Waals surface area contributed by atoms with Crippen LogP contribution in [0.15, 0.2) is 30.5 Å². The number of imidazole rings is 1. The number of nitrogens with zero attached hydrogens (tertiary/aromatic N) is 5. The highest BCUT2D eigenvalue weighted by Gasteiger charge is 2.20. The largest absolute Gasteiger partial charge is 0.376 e. The van der Waals surface area contributed by atoms with Gasteiger partial charge in [0.15, 0.2) is 5.82 Å². The summed E-state index contributed by atoms with van der Waals surface area (Å²) in [5.74, 6) is 0.730. The first-order valence-electron chi connectivity index (χ1n) is 8.04. The Kier molecular flexibility index (Phi) is 4.35. The molecule has 1 aromatic carbocycles. The maximum atomic E-state index is 9.61. The van der Waals surface area contributed by atoms with Gasteiger partial charge in [0.2, 0.25) is 0 Å². The molecule has 120 valence electrons. The van der Waals surface area contributed by atoms with Gasteiger partial charge in [0, 0.05) is 26.3 Å². The van der Waals surface area contributed by atoms with Gasteiger partial charge in [0.05, 0.1) is 11.0 Å². The van der Waals surface area contributed by atoms with Gasteiger partial charge in [-0.1, -0.05) is 12.1 Å². The van der Waals surface area contributed by atoms with Crippen molar-refractivity contribution in [2.75, 3.05) is 27.2 Å². The molecule has 2 heterocycles. The zero-order chi connectivity index (χ0) is 16.4. The normalized spacial score (nSPS) is 17.4. The van der Waals surface area contributed by atoms with E-state index in [2.05, 4.69) is 34.9 Å². The maximum absolute atomic E-state index is 9.61. The molecule has 1 aliphatic heterocycles. The predicted octanol–water partition coefficient (Wildman–Crippen LogP) is 2.46. The minimum Gasteiger partial charge on any atom is -0.376 e. The molecule has 1 saturated heterocycles. The SMILES string of the molecule is CN1CCC(N(C)C=C(C#N)c2nc3ccccc3n2C)CC1. The summed E-state index contributed by atoms with van der Waals surface area (Å²) in [6.07, 6.45) is 4.21. The monoisotopic (exact) mass is 309 g/mol. The molecule has 0 bridgehead atoms. The number of aryl methyl sites for hydroxylation is 1. The van der Waals surface area contributed by atoms with Crippen LogP contribution in [0, 0.1) is 11.3 Å². The number of allylic oxidation sites excluding steroid dienone is 1.